The fourth-order valence-corrected chi connectivity index (χ4v) is 2.46. The predicted molar refractivity (Wildman–Crippen MR) is 75.4 cm³/mol. The zero-order valence-electron chi connectivity index (χ0n) is 10.4. The number of nitrogens with zero attached hydrogens (tertiary/aromatic N) is 1. The van der Waals surface area contributed by atoms with E-state index in [2.05, 4.69) is 11.9 Å². The van der Waals surface area contributed by atoms with Gasteiger partial charge in [0.05, 0.1) is 22.8 Å². The van der Waals surface area contributed by atoms with E-state index >= 15 is 0 Å². The number of halogens is 2. The molecule has 2 N–H and O–H groups in total. The van der Waals surface area contributed by atoms with Crippen LogP contribution in [0.25, 0.3) is 0 Å². The largest absolute Gasteiger partial charge is 0.374 e. The Balaban J connectivity index is 1.97. The second-order valence-electron chi connectivity index (χ2n) is 4.79. The molecule has 18 heavy (non-hydrogen) atoms. The lowest BCUT2D eigenvalue weighted by Crippen LogP contribution is -2.50. The molecule has 0 aliphatic carbocycles. The molecule has 2 atom stereocenters. The van der Waals surface area contributed by atoms with Crippen molar-refractivity contribution in [2.75, 3.05) is 26.7 Å². The van der Waals surface area contributed by atoms with Crippen molar-refractivity contribution in [2.24, 2.45) is 5.73 Å². The average Bonchev–Trinajstić information content (AvgIpc) is 2.34. The molecule has 2 unspecified atom stereocenters. The van der Waals surface area contributed by atoms with Crippen LogP contribution in [0, 0.1) is 0 Å². The standard InChI is InChI=1S/C13H18Cl2N2O/c1-17-4-5-18-13(8-17)12(16)7-9-2-3-10(14)11(15)6-9/h2-3,6,12-13H,4-5,7-8,16H2,1H3. The van der Waals surface area contributed by atoms with Crippen molar-refractivity contribution in [3.63, 3.8) is 0 Å². The lowest BCUT2D eigenvalue weighted by molar-refractivity contribution is -0.0319. The molecule has 0 radical (unpaired) electrons. The smallest absolute Gasteiger partial charge is 0.0856 e. The van der Waals surface area contributed by atoms with Crippen LogP contribution in [-0.2, 0) is 11.2 Å². The highest BCUT2D eigenvalue weighted by Gasteiger charge is 2.24. The fraction of sp³-hybridized carbons (Fsp3) is 0.538. The number of hydrogen-bond acceptors (Lipinski definition) is 3. The summed E-state index contributed by atoms with van der Waals surface area (Å²) in [7, 11) is 2.08. The molecule has 1 fully saturated rings. The first-order valence-corrected chi connectivity index (χ1v) is 6.81. The number of benzene rings is 1. The van der Waals surface area contributed by atoms with Crippen LogP contribution in [0.5, 0.6) is 0 Å². The quantitative estimate of drug-likeness (QED) is 0.927. The van der Waals surface area contributed by atoms with Crippen molar-refractivity contribution in [1.82, 2.24) is 4.90 Å². The van der Waals surface area contributed by atoms with Gasteiger partial charge in [0, 0.05) is 19.1 Å². The monoisotopic (exact) mass is 288 g/mol. The highest BCUT2D eigenvalue weighted by molar-refractivity contribution is 6.42. The van der Waals surface area contributed by atoms with Gasteiger partial charge in [-0.25, -0.2) is 0 Å². The summed E-state index contributed by atoms with van der Waals surface area (Å²) in [6.07, 6.45) is 0.827. The van der Waals surface area contributed by atoms with Gasteiger partial charge in [0.25, 0.3) is 0 Å². The Morgan fingerprint density at radius 3 is 2.89 bits per heavy atom. The molecule has 100 valence electrons. The Morgan fingerprint density at radius 1 is 1.44 bits per heavy atom. The third-order valence-electron chi connectivity index (χ3n) is 3.23. The Morgan fingerprint density at radius 2 is 2.22 bits per heavy atom. The van der Waals surface area contributed by atoms with Crippen LogP contribution in [0.15, 0.2) is 18.2 Å². The topological polar surface area (TPSA) is 38.5 Å². The SMILES string of the molecule is CN1CCOC(C(N)Cc2ccc(Cl)c(Cl)c2)C1. The number of hydrogen-bond donors (Lipinski definition) is 1. The molecular weight excluding hydrogens is 271 g/mol. The van der Waals surface area contributed by atoms with Crippen molar-refractivity contribution < 1.29 is 4.74 Å². The maximum atomic E-state index is 6.20. The van der Waals surface area contributed by atoms with Crippen LogP contribution < -0.4 is 5.73 Å². The van der Waals surface area contributed by atoms with Gasteiger partial charge < -0.3 is 15.4 Å². The minimum atomic E-state index is -0.0232. The molecule has 0 aromatic heterocycles. The first-order chi connectivity index (χ1) is 8.56. The van der Waals surface area contributed by atoms with Crippen LogP contribution in [0.4, 0.5) is 0 Å². The average molecular weight is 289 g/mol. The number of ether oxygens (including phenoxy) is 1. The maximum Gasteiger partial charge on any atom is 0.0856 e. The Bertz CT molecular complexity index is 414. The molecule has 5 heteroatoms. The summed E-state index contributed by atoms with van der Waals surface area (Å²) in [6, 6.07) is 5.61. The van der Waals surface area contributed by atoms with Gasteiger partial charge >= 0.3 is 0 Å². The van der Waals surface area contributed by atoms with Gasteiger partial charge in [-0.05, 0) is 31.2 Å². The van der Waals surface area contributed by atoms with Gasteiger partial charge in [0.15, 0.2) is 0 Å². The van der Waals surface area contributed by atoms with Crippen LogP contribution in [0.2, 0.25) is 10.0 Å². The first-order valence-electron chi connectivity index (χ1n) is 6.06. The fourth-order valence-electron chi connectivity index (χ4n) is 2.14. The van der Waals surface area contributed by atoms with E-state index in [1.165, 1.54) is 0 Å². The molecule has 1 heterocycles. The Kier molecular flexibility index (Phi) is 4.87. The van der Waals surface area contributed by atoms with E-state index in [9.17, 15) is 0 Å². The van der Waals surface area contributed by atoms with Crippen molar-refractivity contribution in [3.05, 3.63) is 33.8 Å². The molecular formula is C13H18Cl2N2O. The number of morpholine rings is 1. The summed E-state index contributed by atoms with van der Waals surface area (Å²) < 4.78 is 5.71. The van der Waals surface area contributed by atoms with Crippen LogP contribution in [0.3, 0.4) is 0 Å². The molecule has 0 amide bonds. The summed E-state index contributed by atoms with van der Waals surface area (Å²) in [5, 5.41) is 1.14. The number of rotatable bonds is 3. The first kappa shape index (κ1) is 14.1. The minimum Gasteiger partial charge on any atom is -0.374 e. The third kappa shape index (κ3) is 3.59. The van der Waals surface area contributed by atoms with E-state index in [1.54, 1.807) is 6.07 Å². The molecule has 3 nitrogen and oxygen atoms in total. The van der Waals surface area contributed by atoms with E-state index in [-0.39, 0.29) is 12.1 Å². The van der Waals surface area contributed by atoms with Crippen molar-refractivity contribution in [2.45, 2.75) is 18.6 Å². The molecule has 0 spiro atoms. The molecule has 2 rings (SSSR count). The van der Waals surface area contributed by atoms with Gasteiger partial charge in [-0.15, -0.1) is 0 Å². The van der Waals surface area contributed by atoms with E-state index < -0.39 is 0 Å². The number of likely N-dealkylation sites (N-methyl/N-ethyl adjacent to an activating group) is 1. The molecule has 1 aliphatic heterocycles. The van der Waals surface area contributed by atoms with Crippen LogP contribution in [0.1, 0.15) is 5.56 Å². The van der Waals surface area contributed by atoms with E-state index in [4.69, 9.17) is 33.7 Å². The molecule has 1 aliphatic rings. The zero-order valence-corrected chi connectivity index (χ0v) is 11.9. The highest BCUT2D eigenvalue weighted by atomic mass is 35.5. The predicted octanol–water partition coefficient (Wildman–Crippen LogP) is 2.19. The second-order valence-corrected chi connectivity index (χ2v) is 5.60. The van der Waals surface area contributed by atoms with E-state index in [0.717, 1.165) is 31.7 Å². The van der Waals surface area contributed by atoms with Gasteiger partial charge in [0.2, 0.25) is 0 Å². The van der Waals surface area contributed by atoms with E-state index in [1.807, 2.05) is 12.1 Å². The summed E-state index contributed by atoms with van der Waals surface area (Å²) in [4.78, 5) is 2.24. The highest BCUT2D eigenvalue weighted by Crippen LogP contribution is 2.23. The van der Waals surface area contributed by atoms with E-state index in [0.29, 0.717) is 10.0 Å². The second kappa shape index (κ2) is 6.22. The zero-order chi connectivity index (χ0) is 13.1. The Hall–Kier alpha value is -0.320. The maximum absolute atomic E-state index is 6.20. The minimum absolute atomic E-state index is 0.0232. The van der Waals surface area contributed by atoms with Crippen molar-refractivity contribution >= 4 is 23.2 Å². The molecule has 1 aromatic carbocycles. The normalized spacial score (nSPS) is 23.0. The van der Waals surface area contributed by atoms with Crippen molar-refractivity contribution in [3.8, 4) is 0 Å². The van der Waals surface area contributed by atoms with Crippen molar-refractivity contribution in [1.29, 1.82) is 0 Å². The lowest BCUT2D eigenvalue weighted by Gasteiger charge is -2.33. The van der Waals surface area contributed by atoms with Gasteiger partial charge in [-0.3, -0.25) is 0 Å². The van der Waals surface area contributed by atoms with Gasteiger partial charge in [-0.1, -0.05) is 29.3 Å². The summed E-state index contributed by atoms with van der Waals surface area (Å²) >= 11 is 11.9. The molecule has 0 saturated carbocycles. The molecule has 1 aromatic rings. The van der Waals surface area contributed by atoms with Crippen LogP contribution in [-0.4, -0.2) is 43.8 Å². The van der Waals surface area contributed by atoms with Gasteiger partial charge in [-0.2, -0.15) is 0 Å². The lowest BCUT2D eigenvalue weighted by atomic mass is 10.0. The summed E-state index contributed by atoms with van der Waals surface area (Å²) in [5.41, 5.74) is 7.29. The van der Waals surface area contributed by atoms with Gasteiger partial charge in [0.1, 0.15) is 0 Å². The molecule has 1 saturated heterocycles. The summed E-state index contributed by atoms with van der Waals surface area (Å²) in [6.45, 7) is 2.59. The number of nitrogens with two attached hydrogens (primary N) is 1. The summed E-state index contributed by atoms with van der Waals surface area (Å²) in [5.74, 6) is 0. The Labute approximate surface area is 118 Å². The molecule has 0 bridgehead atoms. The third-order valence-corrected chi connectivity index (χ3v) is 3.97. The van der Waals surface area contributed by atoms with Crippen LogP contribution >= 0.6 is 23.2 Å².